The Bertz CT molecular complexity index is 1320. The van der Waals surface area contributed by atoms with E-state index in [1.165, 1.54) is 48.5 Å². The number of benzene rings is 2. The highest BCUT2D eigenvalue weighted by molar-refractivity contribution is 7.89. The zero-order chi connectivity index (χ0) is 31.2. The van der Waals surface area contributed by atoms with E-state index in [2.05, 4.69) is 20.1 Å². The van der Waals surface area contributed by atoms with Gasteiger partial charge in [-0.05, 0) is 48.5 Å². The van der Waals surface area contributed by atoms with Crippen molar-refractivity contribution >= 4 is 125 Å². The number of carbonyl (C=O) groups excluding carboxylic acids is 2. The summed E-state index contributed by atoms with van der Waals surface area (Å²) in [6, 6.07) is 9.88. The summed E-state index contributed by atoms with van der Waals surface area (Å²) in [6.07, 6.45) is -3.27. The minimum atomic E-state index is -4.29. The molecule has 4 N–H and O–H groups in total. The number of rotatable bonds is 12. The van der Waals surface area contributed by atoms with Crippen molar-refractivity contribution < 1.29 is 31.2 Å². The van der Waals surface area contributed by atoms with Crippen LogP contribution < -0.4 is 24.8 Å². The van der Waals surface area contributed by atoms with Gasteiger partial charge in [-0.2, -0.15) is 9.44 Å². The van der Waals surface area contributed by atoms with E-state index < -0.39 is 63.5 Å². The maximum atomic E-state index is 12.7. The molecule has 0 saturated heterocycles. The first kappa shape index (κ1) is 36.5. The van der Waals surface area contributed by atoms with Crippen LogP contribution in [-0.4, -0.2) is 60.3 Å². The van der Waals surface area contributed by atoms with Crippen LogP contribution in [0.2, 0.25) is 0 Å². The van der Waals surface area contributed by atoms with Crippen LogP contribution in [0.4, 0.5) is 0 Å². The molecule has 0 aliphatic heterocycles. The first-order chi connectivity index (χ1) is 18.8. The summed E-state index contributed by atoms with van der Waals surface area (Å²) >= 11 is 45.4. The van der Waals surface area contributed by atoms with Crippen LogP contribution >= 0.6 is 92.8 Å². The Morgan fingerprint density at radius 2 is 0.927 bits per heavy atom. The molecule has 41 heavy (non-hydrogen) atoms. The molecule has 2 aromatic rings. The van der Waals surface area contributed by atoms with Crippen LogP contribution in [0.25, 0.3) is 0 Å². The Morgan fingerprint density at radius 1 is 0.634 bits per heavy atom. The average molecular weight is 774 g/mol. The fourth-order valence-corrected chi connectivity index (χ4v) is 6.26. The summed E-state index contributed by atoms with van der Waals surface area (Å²) in [7, 11) is -8.58. The van der Waals surface area contributed by atoms with Gasteiger partial charge in [0.2, 0.25) is 39.4 Å². The van der Waals surface area contributed by atoms with E-state index in [4.69, 9.17) is 97.5 Å². The Morgan fingerprint density at radius 3 is 1.17 bits per heavy atom. The third-order valence-electron chi connectivity index (χ3n) is 4.56. The molecule has 0 aliphatic carbocycles. The molecule has 0 heterocycles. The fraction of sp³-hybridized carbons (Fsp3) is 0.300. The SMILES string of the molecule is O=C(CCl)NC(NS(=O)(=O)c1ccc(Oc2ccc(S(=O)(=O)NC(NC(=O)CCl)C(Cl)(Cl)Cl)cc2)cc1)C(Cl)(Cl)Cl. The Kier molecular flexibility index (Phi) is 13.2. The van der Waals surface area contributed by atoms with Gasteiger partial charge >= 0.3 is 0 Å². The molecule has 0 radical (unpaired) electrons. The van der Waals surface area contributed by atoms with Crippen molar-refractivity contribution in [2.24, 2.45) is 0 Å². The van der Waals surface area contributed by atoms with Gasteiger partial charge in [0, 0.05) is 0 Å². The number of carbonyl (C=O) groups is 2. The Balaban J connectivity index is 2.15. The van der Waals surface area contributed by atoms with Crippen LogP contribution in [0.15, 0.2) is 58.3 Å². The predicted molar refractivity (Wildman–Crippen MR) is 159 cm³/mol. The highest BCUT2D eigenvalue weighted by Crippen LogP contribution is 2.32. The van der Waals surface area contributed by atoms with Gasteiger partial charge in [0.1, 0.15) is 35.6 Å². The number of ether oxygens (including phenoxy) is 1. The molecule has 2 unspecified atom stereocenters. The van der Waals surface area contributed by atoms with Crippen LogP contribution in [0.3, 0.4) is 0 Å². The average Bonchev–Trinajstić information content (AvgIpc) is 2.87. The summed E-state index contributed by atoms with van der Waals surface area (Å²) in [6.45, 7) is 0. The van der Waals surface area contributed by atoms with Crippen LogP contribution in [0.5, 0.6) is 11.5 Å². The van der Waals surface area contributed by atoms with Crippen molar-refractivity contribution in [1.29, 1.82) is 0 Å². The van der Waals surface area contributed by atoms with E-state index in [-0.39, 0.29) is 21.3 Å². The lowest BCUT2D eigenvalue weighted by atomic mass is 10.3. The summed E-state index contributed by atoms with van der Waals surface area (Å²) in [5.74, 6) is -2.23. The topological polar surface area (TPSA) is 160 Å². The molecule has 11 nitrogen and oxygen atoms in total. The molecular formula is C20H18Cl8N4O7S2. The van der Waals surface area contributed by atoms with Gasteiger partial charge in [0.15, 0.2) is 0 Å². The highest BCUT2D eigenvalue weighted by Gasteiger charge is 2.38. The first-order valence-electron chi connectivity index (χ1n) is 10.5. The zero-order valence-electron chi connectivity index (χ0n) is 19.9. The summed E-state index contributed by atoms with van der Waals surface area (Å²) < 4.78 is 56.3. The minimum Gasteiger partial charge on any atom is -0.457 e. The van der Waals surface area contributed by atoms with E-state index in [1.807, 2.05) is 0 Å². The number of hydrogen-bond donors (Lipinski definition) is 4. The van der Waals surface area contributed by atoms with E-state index >= 15 is 0 Å². The second-order valence-corrected chi connectivity index (χ2v) is 16.3. The van der Waals surface area contributed by atoms with Crippen molar-refractivity contribution in [1.82, 2.24) is 20.1 Å². The number of sulfonamides is 2. The summed E-state index contributed by atoms with van der Waals surface area (Å²) in [5.41, 5.74) is 0. The van der Waals surface area contributed by atoms with Gasteiger partial charge < -0.3 is 15.4 Å². The number of halogens is 8. The molecule has 228 valence electrons. The smallest absolute Gasteiger partial charge is 0.242 e. The van der Waals surface area contributed by atoms with E-state index in [0.29, 0.717) is 0 Å². The van der Waals surface area contributed by atoms with Gasteiger partial charge in [-0.15, -0.1) is 23.2 Å². The molecule has 2 amide bonds. The molecule has 0 saturated carbocycles. The number of amides is 2. The van der Waals surface area contributed by atoms with E-state index in [0.717, 1.165) is 0 Å². The van der Waals surface area contributed by atoms with Gasteiger partial charge in [0.05, 0.1) is 9.79 Å². The third kappa shape index (κ3) is 11.4. The van der Waals surface area contributed by atoms with E-state index in [9.17, 15) is 26.4 Å². The van der Waals surface area contributed by atoms with Gasteiger partial charge in [-0.25, -0.2) is 16.8 Å². The first-order valence-corrected chi connectivity index (χ1v) is 16.9. The van der Waals surface area contributed by atoms with Crippen molar-refractivity contribution in [3.8, 4) is 11.5 Å². The Labute approximate surface area is 275 Å². The largest absolute Gasteiger partial charge is 0.457 e. The van der Waals surface area contributed by atoms with Crippen LogP contribution in [0.1, 0.15) is 0 Å². The number of hydrogen-bond acceptors (Lipinski definition) is 7. The molecule has 0 aliphatic rings. The molecular weight excluding hydrogens is 756 g/mol. The monoisotopic (exact) mass is 770 g/mol. The molecule has 0 aromatic heterocycles. The van der Waals surface area contributed by atoms with E-state index in [1.54, 1.807) is 0 Å². The second kappa shape index (κ2) is 14.9. The van der Waals surface area contributed by atoms with Crippen molar-refractivity contribution in [2.45, 2.75) is 29.7 Å². The molecule has 0 fully saturated rings. The lowest BCUT2D eigenvalue weighted by Gasteiger charge is -2.26. The minimum absolute atomic E-state index is 0.172. The lowest BCUT2D eigenvalue weighted by molar-refractivity contribution is -0.120. The lowest BCUT2D eigenvalue weighted by Crippen LogP contribution is -2.55. The molecule has 21 heteroatoms. The number of nitrogens with one attached hydrogen (secondary N) is 4. The standard InChI is InChI=1S/C20H18Cl8N4O7S2/c21-9-15(33)29-17(19(23,24)25)31-40(35,36)13-5-1-11(2-6-13)39-12-3-7-14(8-4-12)41(37,38)32-18(20(26,27)28)30-16(34)10-22/h1-8,17-18,31-32H,9-10H2,(H,29,33)(H,30,34). The summed E-state index contributed by atoms with van der Waals surface area (Å²) in [4.78, 5) is 22.6. The molecule has 0 bridgehead atoms. The van der Waals surface area contributed by atoms with Crippen molar-refractivity contribution in [3.63, 3.8) is 0 Å². The fourth-order valence-electron chi connectivity index (χ4n) is 2.71. The molecule has 2 aromatic carbocycles. The zero-order valence-corrected chi connectivity index (χ0v) is 27.6. The second-order valence-electron chi connectivity index (χ2n) is 7.64. The normalized spacial score (nSPS) is 14.1. The van der Waals surface area contributed by atoms with Crippen LogP contribution in [0, 0.1) is 0 Å². The van der Waals surface area contributed by atoms with Crippen molar-refractivity contribution in [2.75, 3.05) is 11.8 Å². The molecule has 0 spiro atoms. The maximum absolute atomic E-state index is 12.7. The van der Waals surface area contributed by atoms with Crippen LogP contribution in [-0.2, 0) is 29.6 Å². The highest BCUT2D eigenvalue weighted by atomic mass is 35.6. The van der Waals surface area contributed by atoms with Gasteiger partial charge in [-0.1, -0.05) is 69.6 Å². The van der Waals surface area contributed by atoms with Gasteiger partial charge in [-0.3, -0.25) is 9.59 Å². The maximum Gasteiger partial charge on any atom is 0.242 e. The van der Waals surface area contributed by atoms with Crippen molar-refractivity contribution in [3.05, 3.63) is 48.5 Å². The number of alkyl halides is 8. The quantitative estimate of drug-likeness (QED) is 0.187. The third-order valence-corrected chi connectivity index (χ3v) is 9.23. The predicted octanol–water partition coefficient (Wildman–Crippen LogP) is 4.14. The van der Waals surface area contributed by atoms with Gasteiger partial charge in [0.25, 0.3) is 0 Å². The Hall–Kier alpha value is -0.680. The summed E-state index contributed by atoms with van der Waals surface area (Å²) in [5, 5.41) is 4.30. The molecule has 2 atom stereocenters. The molecule has 2 rings (SSSR count).